The highest BCUT2D eigenvalue weighted by Gasteiger charge is 2.22. The van der Waals surface area contributed by atoms with Crippen LogP contribution in [0.3, 0.4) is 0 Å². The number of rotatable bonds is 2. The molecule has 1 aliphatic rings. The van der Waals surface area contributed by atoms with Crippen molar-refractivity contribution in [3.8, 4) is 0 Å². The molecule has 0 aromatic carbocycles. The molecular formula is C11H19N3S. The van der Waals surface area contributed by atoms with Crippen LogP contribution in [0.1, 0.15) is 23.7 Å². The van der Waals surface area contributed by atoms with Gasteiger partial charge in [-0.2, -0.15) is 0 Å². The summed E-state index contributed by atoms with van der Waals surface area (Å²) in [5.41, 5.74) is 0. The van der Waals surface area contributed by atoms with Crippen molar-refractivity contribution < 1.29 is 0 Å². The van der Waals surface area contributed by atoms with Crippen LogP contribution in [0.2, 0.25) is 0 Å². The van der Waals surface area contributed by atoms with E-state index in [9.17, 15) is 0 Å². The zero-order valence-corrected chi connectivity index (χ0v) is 10.5. The Morgan fingerprint density at radius 1 is 1.60 bits per heavy atom. The van der Waals surface area contributed by atoms with Gasteiger partial charge in [0, 0.05) is 36.2 Å². The molecule has 1 saturated heterocycles. The van der Waals surface area contributed by atoms with Crippen molar-refractivity contribution in [2.45, 2.75) is 39.4 Å². The maximum Gasteiger partial charge on any atom is 0.107 e. The highest BCUT2D eigenvalue weighted by atomic mass is 32.1. The summed E-state index contributed by atoms with van der Waals surface area (Å²) in [5, 5.41) is 4.74. The topological polar surface area (TPSA) is 28.2 Å². The molecule has 4 heteroatoms. The minimum Gasteiger partial charge on any atom is -0.311 e. The maximum atomic E-state index is 4.43. The van der Waals surface area contributed by atoms with Crippen LogP contribution in [-0.4, -0.2) is 35.1 Å². The van der Waals surface area contributed by atoms with E-state index in [1.54, 1.807) is 0 Å². The molecule has 3 nitrogen and oxygen atoms in total. The van der Waals surface area contributed by atoms with Crippen molar-refractivity contribution in [3.05, 3.63) is 16.1 Å². The molecule has 0 aliphatic carbocycles. The summed E-state index contributed by atoms with van der Waals surface area (Å²) < 4.78 is 0. The molecule has 1 aromatic heterocycles. The summed E-state index contributed by atoms with van der Waals surface area (Å²) in [6.45, 7) is 9.85. The first-order chi connectivity index (χ1) is 7.15. The SMILES string of the molecule is Cc1cnc(CN2CC(C)NCC2C)s1. The number of aryl methyl sites for hydroxylation is 1. The van der Waals surface area contributed by atoms with Crippen LogP contribution >= 0.6 is 11.3 Å². The summed E-state index contributed by atoms with van der Waals surface area (Å²) in [5.74, 6) is 0. The number of hydrogen-bond donors (Lipinski definition) is 1. The molecule has 2 unspecified atom stereocenters. The summed E-state index contributed by atoms with van der Waals surface area (Å²) in [6.07, 6.45) is 1.97. The first-order valence-electron chi connectivity index (χ1n) is 5.54. The predicted octanol–water partition coefficient (Wildman–Crippen LogP) is 1.63. The average Bonchev–Trinajstić information content (AvgIpc) is 2.58. The van der Waals surface area contributed by atoms with E-state index in [2.05, 4.69) is 36.0 Å². The molecule has 1 fully saturated rings. The van der Waals surface area contributed by atoms with Gasteiger partial charge in [-0.15, -0.1) is 11.3 Å². The highest BCUT2D eigenvalue weighted by molar-refractivity contribution is 7.11. The number of hydrogen-bond acceptors (Lipinski definition) is 4. The Balaban J connectivity index is 1.98. The van der Waals surface area contributed by atoms with Gasteiger partial charge in [-0.1, -0.05) is 0 Å². The molecule has 2 heterocycles. The van der Waals surface area contributed by atoms with Gasteiger partial charge in [-0.3, -0.25) is 4.90 Å². The first kappa shape index (κ1) is 11.0. The van der Waals surface area contributed by atoms with Crippen molar-refractivity contribution in [3.63, 3.8) is 0 Å². The third-order valence-corrected chi connectivity index (χ3v) is 3.80. The standard InChI is InChI=1S/C11H19N3S/c1-8-6-14(9(2)4-12-8)7-11-13-5-10(3)15-11/h5,8-9,12H,4,6-7H2,1-3H3. The summed E-state index contributed by atoms with van der Waals surface area (Å²) in [7, 11) is 0. The zero-order chi connectivity index (χ0) is 10.8. The Morgan fingerprint density at radius 2 is 2.40 bits per heavy atom. The van der Waals surface area contributed by atoms with Crippen LogP contribution in [0, 0.1) is 6.92 Å². The van der Waals surface area contributed by atoms with Gasteiger partial charge in [0.25, 0.3) is 0 Å². The molecule has 0 radical (unpaired) electrons. The zero-order valence-electron chi connectivity index (χ0n) is 9.66. The van der Waals surface area contributed by atoms with Crippen LogP contribution in [-0.2, 0) is 6.54 Å². The number of nitrogens with zero attached hydrogens (tertiary/aromatic N) is 2. The molecule has 0 spiro atoms. The van der Waals surface area contributed by atoms with E-state index < -0.39 is 0 Å². The Labute approximate surface area is 95.5 Å². The first-order valence-corrected chi connectivity index (χ1v) is 6.35. The molecule has 0 saturated carbocycles. The van der Waals surface area contributed by atoms with Gasteiger partial charge in [0.05, 0.1) is 6.54 Å². The molecule has 15 heavy (non-hydrogen) atoms. The molecular weight excluding hydrogens is 206 g/mol. The number of aromatic nitrogens is 1. The second-order valence-electron chi connectivity index (χ2n) is 4.45. The van der Waals surface area contributed by atoms with Crippen LogP contribution in [0.15, 0.2) is 6.20 Å². The van der Waals surface area contributed by atoms with E-state index >= 15 is 0 Å². The Hall–Kier alpha value is -0.450. The van der Waals surface area contributed by atoms with Gasteiger partial charge in [0.15, 0.2) is 0 Å². The number of piperazine rings is 1. The van der Waals surface area contributed by atoms with E-state index in [1.165, 1.54) is 9.88 Å². The maximum absolute atomic E-state index is 4.43. The fraction of sp³-hybridized carbons (Fsp3) is 0.727. The van der Waals surface area contributed by atoms with Gasteiger partial charge in [-0.05, 0) is 20.8 Å². The molecule has 1 N–H and O–H groups in total. The Bertz CT molecular complexity index is 323. The van der Waals surface area contributed by atoms with Crippen molar-refractivity contribution in [1.82, 2.24) is 15.2 Å². The van der Waals surface area contributed by atoms with Gasteiger partial charge in [0.2, 0.25) is 0 Å². The monoisotopic (exact) mass is 225 g/mol. The molecule has 1 aromatic rings. The van der Waals surface area contributed by atoms with Crippen LogP contribution < -0.4 is 5.32 Å². The predicted molar refractivity (Wildman–Crippen MR) is 64.2 cm³/mol. The van der Waals surface area contributed by atoms with E-state index in [0.29, 0.717) is 12.1 Å². The molecule has 2 rings (SSSR count). The largest absolute Gasteiger partial charge is 0.311 e. The molecule has 2 atom stereocenters. The molecule has 0 bridgehead atoms. The summed E-state index contributed by atoms with van der Waals surface area (Å²) >= 11 is 1.81. The Kier molecular flexibility index (Phi) is 3.38. The Morgan fingerprint density at radius 3 is 3.07 bits per heavy atom. The fourth-order valence-electron chi connectivity index (χ4n) is 1.97. The van der Waals surface area contributed by atoms with Crippen molar-refractivity contribution in [1.29, 1.82) is 0 Å². The number of thiazole rings is 1. The van der Waals surface area contributed by atoms with E-state index in [-0.39, 0.29) is 0 Å². The molecule has 84 valence electrons. The van der Waals surface area contributed by atoms with Gasteiger partial charge in [-0.25, -0.2) is 4.98 Å². The average molecular weight is 225 g/mol. The van der Waals surface area contributed by atoms with Crippen LogP contribution in [0.4, 0.5) is 0 Å². The third-order valence-electron chi connectivity index (χ3n) is 2.90. The van der Waals surface area contributed by atoms with Gasteiger partial charge >= 0.3 is 0 Å². The minimum absolute atomic E-state index is 0.599. The second-order valence-corrected chi connectivity index (χ2v) is 5.77. The summed E-state index contributed by atoms with van der Waals surface area (Å²) in [6, 6.07) is 1.22. The van der Waals surface area contributed by atoms with Crippen molar-refractivity contribution in [2.24, 2.45) is 0 Å². The van der Waals surface area contributed by atoms with Gasteiger partial charge in [0.1, 0.15) is 5.01 Å². The lowest BCUT2D eigenvalue weighted by molar-refractivity contribution is 0.138. The normalized spacial score (nSPS) is 28.2. The van der Waals surface area contributed by atoms with Crippen LogP contribution in [0.5, 0.6) is 0 Å². The van der Waals surface area contributed by atoms with Crippen molar-refractivity contribution >= 4 is 11.3 Å². The van der Waals surface area contributed by atoms with E-state index in [4.69, 9.17) is 0 Å². The molecule has 0 amide bonds. The smallest absolute Gasteiger partial charge is 0.107 e. The summed E-state index contributed by atoms with van der Waals surface area (Å²) in [4.78, 5) is 8.25. The molecule has 1 aliphatic heterocycles. The van der Waals surface area contributed by atoms with E-state index in [0.717, 1.165) is 19.6 Å². The third kappa shape index (κ3) is 2.77. The quantitative estimate of drug-likeness (QED) is 0.829. The van der Waals surface area contributed by atoms with E-state index in [1.807, 2.05) is 17.5 Å². The minimum atomic E-state index is 0.599. The number of nitrogens with one attached hydrogen (secondary N) is 1. The fourth-order valence-corrected chi connectivity index (χ4v) is 2.78. The lowest BCUT2D eigenvalue weighted by Crippen LogP contribution is -2.53. The van der Waals surface area contributed by atoms with Gasteiger partial charge < -0.3 is 5.32 Å². The second kappa shape index (κ2) is 4.60. The lowest BCUT2D eigenvalue weighted by atomic mass is 10.1. The highest BCUT2D eigenvalue weighted by Crippen LogP contribution is 2.16. The van der Waals surface area contributed by atoms with Crippen LogP contribution in [0.25, 0.3) is 0 Å². The van der Waals surface area contributed by atoms with Crippen molar-refractivity contribution in [2.75, 3.05) is 13.1 Å². The lowest BCUT2D eigenvalue weighted by Gasteiger charge is -2.36.